The maximum Gasteiger partial charge on any atom is 0.270 e. The van der Waals surface area contributed by atoms with Crippen LogP contribution in [0.3, 0.4) is 0 Å². The molecular weight excluding hydrogens is 446 g/mol. The highest BCUT2D eigenvalue weighted by molar-refractivity contribution is 7.80. The molecule has 1 aliphatic rings. The molecule has 166 valence electrons. The largest absolute Gasteiger partial charge is 0.494 e. The van der Waals surface area contributed by atoms with Crippen molar-refractivity contribution in [1.29, 1.82) is 0 Å². The van der Waals surface area contributed by atoms with Gasteiger partial charge in [0.25, 0.3) is 17.5 Å². The van der Waals surface area contributed by atoms with Crippen molar-refractivity contribution in [3.63, 3.8) is 0 Å². The minimum atomic E-state index is -0.652. The standard InChI is InChI=1S/C23H17N3O6S/c1-2-31-17-8-6-15(7-9-17)25-22(28)19(21(27)24-23(25)33)13-18-10-11-20(32-18)14-4-3-5-16(12-14)26(29)30/h3-13H,2H2,1H3,(H,24,27,33)/b19-13+. The summed E-state index contributed by atoms with van der Waals surface area (Å²) in [5.74, 6) is -0.0371. The Bertz CT molecular complexity index is 1300. The summed E-state index contributed by atoms with van der Waals surface area (Å²) >= 11 is 5.20. The Kier molecular flexibility index (Phi) is 6.01. The van der Waals surface area contributed by atoms with Crippen LogP contribution in [0.1, 0.15) is 12.7 Å². The first-order valence-corrected chi connectivity index (χ1v) is 10.3. The van der Waals surface area contributed by atoms with Gasteiger partial charge in [-0.15, -0.1) is 0 Å². The highest BCUT2D eigenvalue weighted by Gasteiger charge is 2.34. The quantitative estimate of drug-likeness (QED) is 0.193. The maximum atomic E-state index is 13.1. The number of hydrogen-bond acceptors (Lipinski definition) is 7. The number of carbonyl (C=O) groups is 2. The van der Waals surface area contributed by atoms with Crippen LogP contribution in [0.2, 0.25) is 0 Å². The smallest absolute Gasteiger partial charge is 0.270 e. The number of nitro benzene ring substituents is 1. The SMILES string of the molecule is CCOc1ccc(N2C(=O)/C(=C/c3ccc(-c4cccc([N+](=O)[O-])c4)o3)C(=O)NC2=S)cc1. The van der Waals surface area contributed by atoms with E-state index in [1.54, 1.807) is 48.5 Å². The van der Waals surface area contributed by atoms with Crippen molar-refractivity contribution in [3.8, 4) is 17.1 Å². The average Bonchev–Trinajstić information content (AvgIpc) is 3.27. The lowest BCUT2D eigenvalue weighted by Crippen LogP contribution is -2.54. The van der Waals surface area contributed by atoms with Crippen molar-refractivity contribution in [2.45, 2.75) is 6.92 Å². The number of rotatable bonds is 6. The zero-order valence-electron chi connectivity index (χ0n) is 17.3. The molecule has 2 aromatic carbocycles. The van der Waals surface area contributed by atoms with Crippen molar-refractivity contribution in [2.75, 3.05) is 11.5 Å². The van der Waals surface area contributed by atoms with E-state index in [0.29, 0.717) is 29.4 Å². The van der Waals surface area contributed by atoms with E-state index in [2.05, 4.69) is 5.32 Å². The zero-order chi connectivity index (χ0) is 23.5. The van der Waals surface area contributed by atoms with Gasteiger partial charge in [0, 0.05) is 17.7 Å². The molecule has 1 aliphatic heterocycles. The molecule has 10 heteroatoms. The molecular formula is C23H17N3O6S. The molecule has 0 spiro atoms. The van der Waals surface area contributed by atoms with Crippen molar-refractivity contribution in [2.24, 2.45) is 0 Å². The number of carbonyl (C=O) groups excluding carboxylic acids is 2. The monoisotopic (exact) mass is 463 g/mol. The fourth-order valence-corrected chi connectivity index (χ4v) is 3.53. The summed E-state index contributed by atoms with van der Waals surface area (Å²) in [5.41, 5.74) is 0.712. The van der Waals surface area contributed by atoms with Gasteiger partial charge in [-0.1, -0.05) is 12.1 Å². The topological polar surface area (TPSA) is 115 Å². The molecule has 1 fully saturated rings. The number of thiocarbonyl (C=S) groups is 1. The fraction of sp³-hybridized carbons (Fsp3) is 0.0870. The molecule has 9 nitrogen and oxygen atoms in total. The van der Waals surface area contributed by atoms with Gasteiger partial charge in [-0.25, -0.2) is 0 Å². The van der Waals surface area contributed by atoms with Crippen molar-refractivity contribution >= 4 is 46.6 Å². The molecule has 33 heavy (non-hydrogen) atoms. The van der Waals surface area contributed by atoms with Gasteiger partial charge < -0.3 is 9.15 Å². The summed E-state index contributed by atoms with van der Waals surface area (Å²) in [6.45, 7) is 2.37. The first kappa shape index (κ1) is 21.9. The Morgan fingerprint density at radius 1 is 1.15 bits per heavy atom. The molecule has 0 radical (unpaired) electrons. The lowest BCUT2D eigenvalue weighted by atomic mass is 10.1. The Balaban J connectivity index is 1.63. The number of nitrogens with zero attached hydrogens (tertiary/aromatic N) is 2. The molecule has 2 heterocycles. The van der Waals surface area contributed by atoms with Crippen LogP contribution in [0.25, 0.3) is 17.4 Å². The van der Waals surface area contributed by atoms with E-state index in [-0.39, 0.29) is 22.1 Å². The second kappa shape index (κ2) is 9.05. The summed E-state index contributed by atoms with van der Waals surface area (Å²) in [5, 5.41) is 13.5. The molecule has 0 atom stereocenters. The number of benzene rings is 2. The number of hydrogen-bond donors (Lipinski definition) is 1. The van der Waals surface area contributed by atoms with Crippen molar-refractivity contribution in [3.05, 3.63) is 82.1 Å². The van der Waals surface area contributed by atoms with E-state index >= 15 is 0 Å². The zero-order valence-corrected chi connectivity index (χ0v) is 18.1. The summed E-state index contributed by atoms with van der Waals surface area (Å²) in [7, 11) is 0. The number of nitro groups is 1. The van der Waals surface area contributed by atoms with Crippen LogP contribution in [0, 0.1) is 10.1 Å². The highest BCUT2D eigenvalue weighted by Crippen LogP contribution is 2.28. The van der Waals surface area contributed by atoms with Crippen LogP contribution in [0.4, 0.5) is 11.4 Å². The van der Waals surface area contributed by atoms with Gasteiger partial charge in [-0.2, -0.15) is 0 Å². The van der Waals surface area contributed by atoms with Gasteiger partial charge in [-0.3, -0.25) is 29.9 Å². The maximum absolute atomic E-state index is 13.1. The number of non-ortho nitro benzene ring substituents is 1. The molecule has 4 rings (SSSR count). The van der Waals surface area contributed by atoms with E-state index in [9.17, 15) is 19.7 Å². The second-order valence-corrected chi connectivity index (χ2v) is 7.28. The molecule has 3 aromatic rings. The lowest BCUT2D eigenvalue weighted by Gasteiger charge is -2.28. The predicted molar refractivity (Wildman–Crippen MR) is 125 cm³/mol. The van der Waals surface area contributed by atoms with Crippen LogP contribution in [-0.4, -0.2) is 28.5 Å². The minimum Gasteiger partial charge on any atom is -0.494 e. The number of nitrogens with one attached hydrogen (secondary N) is 1. The summed E-state index contributed by atoms with van der Waals surface area (Å²) in [6.07, 6.45) is 1.31. The summed E-state index contributed by atoms with van der Waals surface area (Å²) < 4.78 is 11.1. The molecule has 1 N–H and O–H groups in total. The molecule has 0 aliphatic carbocycles. The molecule has 2 amide bonds. The average molecular weight is 463 g/mol. The third kappa shape index (κ3) is 4.51. The third-order valence-corrected chi connectivity index (χ3v) is 5.05. The van der Waals surface area contributed by atoms with Crippen LogP contribution >= 0.6 is 12.2 Å². The number of anilines is 1. The molecule has 0 unspecified atom stereocenters. The lowest BCUT2D eigenvalue weighted by molar-refractivity contribution is -0.384. The Morgan fingerprint density at radius 2 is 1.91 bits per heavy atom. The Morgan fingerprint density at radius 3 is 2.61 bits per heavy atom. The molecule has 1 aromatic heterocycles. The van der Waals surface area contributed by atoms with Gasteiger partial charge in [0.1, 0.15) is 22.8 Å². The number of ether oxygens (including phenoxy) is 1. The summed E-state index contributed by atoms with van der Waals surface area (Å²) in [6, 6.07) is 15.9. The Labute approximate surface area is 193 Å². The second-order valence-electron chi connectivity index (χ2n) is 6.89. The van der Waals surface area contributed by atoms with Crippen LogP contribution in [-0.2, 0) is 9.59 Å². The van der Waals surface area contributed by atoms with E-state index < -0.39 is 16.7 Å². The van der Waals surface area contributed by atoms with Crippen LogP contribution < -0.4 is 15.0 Å². The number of furan rings is 1. The minimum absolute atomic E-state index is 0.0389. The molecule has 0 bridgehead atoms. The predicted octanol–water partition coefficient (Wildman–Crippen LogP) is 4.08. The Hall–Kier alpha value is -4.31. The van der Waals surface area contributed by atoms with E-state index in [1.807, 2.05) is 6.92 Å². The van der Waals surface area contributed by atoms with Gasteiger partial charge in [0.15, 0.2) is 5.11 Å². The molecule has 0 saturated carbocycles. The van der Waals surface area contributed by atoms with Gasteiger partial charge in [0.2, 0.25) is 0 Å². The van der Waals surface area contributed by atoms with Gasteiger partial charge in [0.05, 0.1) is 17.2 Å². The fourth-order valence-electron chi connectivity index (χ4n) is 3.25. The third-order valence-electron chi connectivity index (χ3n) is 4.76. The highest BCUT2D eigenvalue weighted by atomic mass is 32.1. The van der Waals surface area contributed by atoms with Crippen molar-refractivity contribution in [1.82, 2.24) is 5.32 Å². The van der Waals surface area contributed by atoms with Gasteiger partial charge in [-0.05, 0) is 61.6 Å². The van der Waals surface area contributed by atoms with Crippen LogP contribution in [0.5, 0.6) is 5.75 Å². The number of amides is 2. The first-order chi connectivity index (χ1) is 15.9. The van der Waals surface area contributed by atoms with E-state index in [0.717, 1.165) is 0 Å². The molecule has 1 saturated heterocycles. The normalized spacial score (nSPS) is 15.0. The van der Waals surface area contributed by atoms with Gasteiger partial charge >= 0.3 is 0 Å². The van der Waals surface area contributed by atoms with Crippen LogP contribution in [0.15, 0.2) is 70.7 Å². The summed E-state index contributed by atoms with van der Waals surface area (Å²) in [4.78, 5) is 37.3. The van der Waals surface area contributed by atoms with E-state index in [4.69, 9.17) is 21.4 Å². The van der Waals surface area contributed by atoms with E-state index in [1.165, 1.54) is 23.1 Å². The first-order valence-electron chi connectivity index (χ1n) is 9.86. The van der Waals surface area contributed by atoms with Crippen molar-refractivity contribution < 1.29 is 23.7 Å².